The molecule has 3 unspecified atom stereocenters. The van der Waals surface area contributed by atoms with Gasteiger partial charge in [0.1, 0.15) is 11.6 Å². The number of ether oxygens (including phenoxy) is 1. The number of likely N-dealkylation sites (N-methyl/N-ethyl adjacent to an activating group) is 1. The third kappa shape index (κ3) is 3.77. The third-order valence-electron chi connectivity index (χ3n) is 3.69. The Morgan fingerprint density at radius 3 is 2.86 bits per heavy atom. The minimum Gasteiger partial charge on any atom is -0.389 e. The minimum atomic E-state index is -0.747. The zero-order valence-corrected chi connectivity index (χ0v) is 12.1. The third-order valence-corrected chi connectivity index (χ3v) is 3.69. The summed E-state index contributed by atoms with van der Waals surface area (Å²) in [6.45, 7) is 0.320. The van der Waals surface area contributed by atoms with Gasteiger partial charge in [0.15, 0.2) is 0 Å². The van der Waals surface area contributed by atoms with Crippen LogP contribution in [0.3, 0.4) is 0 Å². The number of nitrogens with zero attached hydrogens (tertiary/aromatic N) is 1. The fourth-order valence-electron chi connectivity index (χ4n) is 2.55. The van der Waals surface area contributed by atoms with Crippen molar-refractivity contribution >= 4 is 5.91 Å². The van der Waals surface area contributed by atoms with Gasteiger partial charge < -0.3 is 14.7 Å². The molecule has 4 nitrogen and oxygen atoms in total. The molecule has 0 aromatic heterocycles. The molecule has 0 heterocycles. The van der Waals surface area contributed by atoms with Crippen molar-refractivity contribution in [1.82, 2.24) is 4.90 Å². The highest BCUT2D eigenvalue weighted by atomic mass is 19.1. The Morgan fingerprint density at radius 1 is 1.52 bits per heavy atom. The maximum Gasteiger partial charge on any atom is 0.226 e. The van der Waals surface area contributed by atoms with Crippen molar-refractivity contribution in [3.8, 4) is 0 Å². The van der Waals surface area contributed by atoms with Crippen LogP contribution in [0.25, 0.3) is 0 Å². The lowest BCUT2D eigenvalue weighted by Gasteiger charge is -2.20. The van der Waals surface area contributed by atoms with Crippen molar-refractivity contribution in [2.24, 2.45) is 5.92 Å². The van der Waals surface area contributed by atoms with E-state index in [9.17, 15) is 18.7 Å². The molecule has 0 aliphatic heterocycles. The molecule has 1 aromatic rings. The molecule has 1 saturated carbocycles. The van der Waals surface area contributed by atoms with Crippen LogP contribution in [0.2, 0.25) is 0 Å². The predicted octanol–water partition coefficient (Wildman–Crippen LogP) is 1.53. The molecule has 1 amide bonds. The molecule has 3 atom stereocenters. The first kappa shape index (κ1) is 15.9. The number of amides is 1. The molecule has 1 aliphatic carbocycles. The van der Waals surface area contributed by atoms with Crippen LogP contribution in [-0.4, -0.2) is 49.3 Å². The Bertz CT molecular complexity index is 524. The van der Waals surface area contributed by atoms with Gasteiger partial charge in [0.25, 0.3) is 0 Å². The first-order chi connectivity index (χ1) is 9.93. The number of rotatable bonds is 6. The van der Waals surface area contributed by atoms with E-state index in [1.54, 1.807) is 7.05 Å². The lowest BCUT2D eigenvalue weighted by Crippen LogP contribution is -2.37. The van der Waals surface area contributed by atoms with Gasteiger partial charge in [0.05, 0.1) is 12.7 Å². The molecule has 0 saturated heterocycles. The SMILES string of the molecule is COCC(O)CN(C)C(=O)C1CC1c1ccc(F)cc1F. The first-order valence-corrected chi connectivity index (χ1v) is 6.81. The van der Waals surface area contributed by atoms with Crippen LogP contribution < -0.4 is 0 Å². The van der Waals surface area contributed by atoms with Crippen LogP contribution >= 0.6 is 0 Å². The van der Waals surface area contributed by atoms with Gasteiger partial charge in [-0.25, -0.2) is 8.78 Å². The fourth-order valence-corrected chi connectivity index (χ4v) is 2.55. The van der Waals surface area contributed by atoms with Crippen LogP contribution in [-0.2, 0) is 9.53 Å². The van der Waals surface area contributed by atoms with E-state index in [1.807, 2.05) is 0 Å². The smallest absolute Gasteiger partial charge is 0.226 e. The topological polar surface area (TPSA) is 49.8 Å². The van der Waals surface area contributed by atoms with Gasteiger partial charge in [-0.1, -0.05) is 6.07 Å². The van der Waals surface area contributed by atoms with Crippen molar-refractivity contribution < 1.29 is 23.4 Å². The summed E-state index contributed by atoms with van der Waals surface area (Å²) in [5.41, 5.74) is 0.376. The second kappa shape index (κ2) is 6.49. The molecule has 1 N–H and O–H groups in total. The van der Waals surface area contributed by atoms with Crippen molar-refractivity contribution in [3.05, 3.63) is 35.4 Å². The van der Waals surface area contributed by atoms with Gasteiger partial charge in [-0.2, -0.15) is 0 Å². The summed E-state index contributed by atoms with van der Waals surface area (Å²) in [4.78, 5) is 13.6. The summed E-state index contributed by atoms with van der Waals surface area (Å²) in [7, 11) is 3.07. The second-order valence-electron chi connectivity index (χ2n) is 5.44. The highest BCUT2D eigenvalue weighted by Crippen LogP contribution is 2.49. The molecule has 6 heteroatoms. The van der Waals surface area contributed by atoms with Crippen LogP contribution in [0, 0.1) is 17.6 Å². The Balaban J connectivity index is 1.94. The Morgan fingerprint density at radius 2 is 2.24 bits per heavy atom. The van der Waals surface area contributed by atoms with Gasteiger partial charge >= 0.3 is 0 Å². The second-order valence-corrected chi connectivity index (χ2v) is 5.44. The van der Waals surface area contributed by atoms with Crippen molar-refractivity contribution in [1.29, 1.82) is 0 Å². The number of hydrogen-bond acceptors (Lipinski definition) is 3. The van der Waals surface area contributed by atoms with Gasteiger partial charge in [0, 0.05) is 32.7 Å². The van der Waals surface area contributed by atoms with Crippen LogP contribution in [0.1, 0.15) is 17.9 Å². The number of carbonyl (C=O) groups excluding carboxylic acids is 1. The van der Waals surface area contributed by atoms with E-state index in [0.29, 0.717) is 12.0 Å². The molecule has 21 heavy (non-hydrogen) atoms. The van der Waals surface area contributed by atoms with E-state index in [4.69, 9.17) is 4.74 Å². The number of hydrogen-bond donors (Lipinski definition) is 1. The van der Waals surface area contributed by atoms with E-state index < -0.39 is 17.7 Å². The number of aliphatic hydroxyl groups is 1. The molecule has 0 bridgehead atoms. The lowest BCUT2D eigenvalue weighted by molar-refractivity contribution is -0.133. The minimum absolute atomic E-state index is 0.140. The molecule has 1 aromatic carbocycles. The standard InChI is InChI=1S/C15H19F2NO3/c1-18(7-10(19)8-21-2)15(20)13-6-12(13)11-4-3-9(16)5-14(11)17/h3-5,10,12-13,19H,6-8H2,1-2H3. The fraction of sp³-hybridized carbons (Fsp3) is 0.533. The lowest BCUT2D eigenvalue weighted by atomic mass is 10.1. The molecule has 116 valence electrons. The van der Waals surface area contributed by atoms with Gasteiger partial charge in [-0.3, -0.25) is 4.79 Å². The van der Waals surface area contributed by atoms with E-state index >= 15 is 0 Å². The first-order valence-electron chi connectivity index (χ1n) is 6.81. The number of aliphatic hydroxyl groups excluding tert-OH is 1. The van der Waals surface area contributed by atoms with Crippen molar-refractivity contribution in [2.75, 3.05) is 27.3 Å². The maximum atomic E-state index is 13.7. The highest BCUT2D eigenvalue weighted by Gasteiger charge is 2.46. The van der Waals surface area contributed by atoms with Crippen molar-refractivity contribution in [3.63, 3.8) is 0 Å². The van der Waals surface area contributed by atoms with Gasteiger partial charge in [-0.15, -0.1) is 0 Å². The Labute approximate surface area is 122 Å². The molecule has 2 rings (SSSR count). The van der Waals surface area contributed by atoms with Crippen LogP contribution in [0.5, 0.6) is 0 Å². The predicted molar refractivity (Wildman–Crippen MR) is 72.7 cm³/mol. The molecule has 1 aliphatic rings. The average molecular weight is 299 g/mol. The quantitative estimate of drug-likeness (QED) is 0.867. The summed E-state index contributed by atoms with van der Waals surface area (Å²) >= 11 is 0. The molecule has 1 fully saturated rings. The van der Waals surface area contributed by atoms with E-state index in [2.05, 4.69) is 0 Å². The normalized spacial score (nSPS) is 22.0. The monoisotopic (exact) mass is 299 g/mol. The Hall–Kier alpha value is -1.53. The number of methoxy groups -OCH3 is 1. The summed E-state index contributed by atoms with van der Waals surface area (Å²) < 4.78 is 31.3. The van der Waals surface area contributed by atoms with Crippen LogP contribution in [0.15, 0.2) is 18.2 Å². The maximum absolute atomic E-state index is 13.7. The molecular weight excluding hydrogens is 280 g/mol. The molecule has 0 radical (unpaired) electrons. The van der Waals surface area contributed by atoms with Gasteiger partial charge in [-0.05, 0) is 24.0 Å². The zero-order valence-electron chi connectivity index (χ0n) is 12.1. The largest absolute Gasteiger partial charge is 0.389 e. The Kier molecular flexibility index (Phi) is 4.90. The number of carbonyl (C=O) groups is 1. The summed E-state index contributed by atoms with van der Waals surface area (Å²) in [5.74, 6) is -1.89. The number of halogens is 2. The molecule has 0 spiro atoms. The zero-order chi connectivity index (χ0) is 15.6. The number of benzene rings is 1. The summed E-state index contributed by atoms with van der Waals surface area (Å²) in [5, 5.41) is 9.61. The van der Waals surface area contributed by atoms with E-state index in [1.165, 1.54) is 24.1 Å². The summed E-state index contributed by atoms with van der Waals surface area (Å²) in [6, 6.07) is 3.42. The van der Waals surface area contributed by atoms with E-state index in [0.717, 1.165) is 6.07 Å². The average Bonchev–Trinajstić information content (AvgIpc) is 3.18. The van der Waals surface area contributed by atoms with E-state index in [-0.39, 0.29) is 30.9 Å². The molecular formula is C15H19F2NO3. The van der Waals surface area contributed by atoms with Crippen molar-refractivity contribution in [2.45, 2.75) is 18.4 Å². The van der Waals surface area contributed by atoms with Gasteiger partial charge in [0.2, 0.25) is 5.91 Å². The summed E-state index contributed by atoms with van der Waals surface area (Å²) in [6.07, 6.45) is -0.199. The highest BCUT2D eigenvalue weighted by molar-refractivity contribution is 5.82. The van der Waals surface area contributed by atoms with Crippen LogP contribution in [0.4, 0.5) is 8.78 Å².